The van der Waals surface area contributed by atoms with E-state index in [0.717, 1.165) is 38.0 Å². The Bertz CT molecular complexity index is 663. The minimum atomic E-state index is -3.41. The Morgan fingerprint density at radius 2 is 1.96 bits per heavy atom. The van der Waals surface area contributed by atoms with Crippen molar-refractivity contribution in [2.24, 2.45) is 11.3 Å². The van der Waals surface area contributed by atoms with Gasteiger partial charge in [0.15, 0.2) is 0 Å². The number of nitrogens with zero attached hydrogens (tertiary/aromatic N) is 1. The van der Waals surface area contributed by atoms with Crippen molar-refractivity contribution in [3.8, 4) is 0 Å². The second kappa shape index (κ2) is 7.12. The normalized spacial score (nSPS) is 25.0. The van der Waals surface area contributed by atoms with Crippen LogP contribution in [0, 0.1) is 18.3 Å². The van der Waals surface area contributed by atoms with E-state index < -0.39 is 10.0 Å². The third-order valence-corrected chi connectivity index (χ3v) is 7.79. The van der Waals surface area contributed by atoms with Crippen LogP contribution in [0.3, 0.4) is 0 Å². The maximum absolute atomic E-state index is 13.0. The summed E-state index contributed by atoms with van der Waals surface area (Å²) in [5.41, 5.74) is 0.965. The molecule has 3 rings (SSSR count). The molecule has 5 nitrogen and oxygen atoms in total. The zero-order valence-corrected chi connectivity index (χ0v) is 15.3. The van der Waals surface area contributed by atoms with Crippen molar-refractivity contribution in [1.82, 2.24) is 4.31 Å². The lowest BCUT2D eigenvalue weighted by atomic mass is 9.66. The molecule has 6 heteroatoms. The van der Waals surface area contributed by atoms with Gasteiger partial charge in [0.1, 0.15) is 0 Å². The second-order valence-electron chi connectivity index (χ2n) is 7.01. The molecule has 0 bridgehead atoms. The van der Waals surface area contributed by atoms with Crippen LogP contribution in [0.2, 0.25) is 0 Å². The summed E-state index contributed by atoms with van der Waals surface area (Å²) in [5, 5.41) is 0. The Morgan fingerprint density at radius 3 is 2.62 bits per heavy atom. The fraction of sp³-hybridized carbons (Fsp3) is 0.667. The van der Waals surface area contributed by atoms with Crippen molar-refractivity contribution in [2.75, 3.05) is 40.0 Å². The summed E-state index contributed by atoms with van der Waals surface area (Å²) in [4.78, 5) is 0.432. The first kappa shape index (κ1) is 17.9. The predicted molar refractivity (Wildman–Crippen MR) is 92.4 cm³/mol. The summed E-state index contributed by atoms with van der Waals surface area (Å²) >= 11 is 0. The number of hydrogen-bond acceptors (Lipinski definition) is 4. The Balaban J connectivity index is 1.76. The molecule has 2 aliphatic rings. The van der Waals surface area contributed by atoms with E-state index in [-0.39, 0.29) is 5.41 Å². The van der Waals surface area contributed by atoms with E-state index in [4.69, 9.17) is 9.47 Å². The van der Waals surface area contributed by atoms with E-state index >= 15 is 0 Å². The number of hydrogen-bond donors (Lipinski definition) is 0. The molecule has 1 aromatic carbocycles. The smallest absolute Gasteiger partial charge is 0.243 e. The van der Waals surface area contributed by atoms with Crippen LogP contribution in [0.5, 0.6) is 0 Å². The largest absolute Gasteiger partial charge is 0.384 e. The van der Waals surface area contributed by atoms with Crippen LogP contribution < -0.4 is 0 Å². The Hall–Kier alpha value is -0.950. The van der Waals surface area contributed by atoms with Gasteiger partial charge in [-0.3, -0.25) is 0 Å². The summed E-state index contributed by atoms with van der Waals surface area (Å²) in [6.07, 6.45) is 2.77. The molecule has 2 saturated heterocycles. The maximum Gasteiger partial charge on any atom is 0.243 e. The van der Waals surface area contributed by atoms with E-state index in [1.165, 1.54) is 0 Å². The summed E-state index contributed by atoms with van der Waals surface area (Å²) in [6, 6.07) is 7.22. The molecule has 0 radical (unpaired) electrons. The molecule has 1 atom stereocenters. The molecule has 0 aromatic heterocycles. The molecule has 0 aliphatic carbocycles. The fourth-order valence-corrected chi connectivity index (χ4v) is 5.79. The average molecular weight is 353 g/mol. The molecule has 2 aliphatic heterocycles. The van der Waals surface area contributed by atoms with Crippen molar-refractivity contribution < 1.29 is 17.9 Å². The van der Waals surface area contributed by atoms with Gasteiger partial charge in [0.05, 0.1) is 18.1 Å². The molecule has 0 N–H and O–H groups in total. The minimum absolute atomic E-state index is 0.159. The molecule has 24 heavy (non-hydrogen) atoms. The maximum atomic E-state index is 13.0. The van der Waals surface area contributed by atoms with E-state index in [2.05, 4.69) is 0 Å². The van der Waals surface area contributed by atoms with Gasteiger partial charge in [0.25, 0.3) is 0 Å². The zero-order chi connectivity index (χ0) is 17.2. The third kappa shape index (κ3) is 3.25. The van der Waals surface area contributed by atoms with Crippen molar-refractivity contribution in [3.05, 3.63) is 29.8 Å². The highest BCUT2D eigenvalue weighted by molar-refractivity contribution is 7.89. The average Bonchev–Trinajstić information content (AvgIpc) is 2.58. The van der Waals surface area contributed by atoms with E-state index in [0.29, 0.717) is 30.5 Å². The van der Waals surface area contributed by atoms with Gasteiger partial charge in [-0.2, -0.15) is 4.31 Å². The second-order valence-corrected chi connectivity index (χ2v) is 8.92. The Morgan fingerprint density at radius 1 is 1.25 bits per heavy atom. The van der Waals surface area contributed by atoms with Crippen LogP contribution in [0.25, 0.3) is 0 Å². The van der Waals surface area contributed by atoms with E-state index in [1.54, 1.807) is 23.5 Å². The van der Waals surface area contributed by atoms with Gasteiger partial charge in [0.2, 0.25) is 10.0 Å². The molecule has 134 valence electrons. The molecular formula is C18H27NO4S. The topological polar surface area (TPSA) is 55.8 Å². The Kier molecular flexibility index (Phi) is 5.30. The lowest BCUT2D eigenvalue weighted by molar-refractivity contribution is -0.0881. The highest BCUT2D eigenvalue weighted by Gasteiger charge is 2.45. The van der Waals surface area contributed by atoms with Crippen LogP contribution in [0.4, 0.5) is 0 Å². The van der Waals surface area contributed by atoms with Crippen LogP contribution >= 0.6 is 0 Å². The number of benzene rings is 1. The van der Waals surface area contributed by atoms with Crippen LogP contribution in [-0.2, 0) is 19.5 Å². The molecule has 1 spiro atoms. The van der Waals surface area contributed by atoms with E-state index in [1.807, 2.05) is 19.1 Å². The fourth-order valence-electron chi connectivity index (χ4n) is 4.12. The molecule has 1 aromatic rings. The quantitative estimate of drug-likeness (QED) is 0.834. The monoisotopic (exact) mass is 353 g/mol. The predicted octanol–water partition coefficient (Wildman–Crippen LogP) is 2.45. The molecule has 2 fully saturated rings. The van der Waals surface area contributed by atoms with Gasteiger partial charge >= 0.3 is 0 Å². The molecule has 2 heterocycles. The van der Waals surface area contributed by atoms with Crippen molar-refractivity contribution in [3.63, 3.8) is 0 Å². The number of aryl methyl sites for hydroxylation is 1. The highest BCUT2D eigenvalue weighted by Crippen LogP contribution is 2.45. The number of piperidine rings is 1. The zero-order valence-electron chi connectivity index (χ0n) is 14.5. The number of ether oxygens (including phenoxy) is 2. The summed E-state index contributed by atoms with van der Waals surface area (Å²) in [7, 11) is -1.68. The lowest BCUT2D eigenvalue weighted by Crippen LogP contribution is -2.50. The standard InChI is InChI=1S/C18H27NO4S/c1-15-5-3-4-6-17(15)24(20,21)19-10-7-18(8-11-19)9-12-23-14-16(18)13-22-2/h3-6,16H,7-14H2,1-2H3/t16-/m1/s1. The first-order valence-corrected chi connectivity index (χ1v) is 10.1. The first-order valence-electron chi connectivity index (χ1n) is 8.62. The summed E-state index contributed by atoms with van der Waals surface area (Å²) in [5.74, 6) is 0.361. The van der Waals surface area contributed by atoms with Gasteiger partial charge in [-0.15, -0.1) is 0 Å². The summed E-state index contributed by atoms with van der Waals surface area (Å²) < 4.78 is 38.6. The molecular weight excluding hydrogens is 326 g/mol. The van der Waals surface area contributed by atoms with Gasteiger partial charge in [-0.1, -0.05) is 18.2 Å². The van der Waals surface area contributed by atoms with Gasteiger partial charge in [0, 0.05) is 32.7 Å². The van der Waals surface area contributed by atoms with Crippen molar-refractivity contribution >= 4 is 10.0 Å². The van der Waals surface area contributed by atoms with Gasteiger partial charge in [-0.05, 0) is 43.2 Å². The van der Waals surface area contributed by atoms with Gasteiger partial charge < -0.3 is 9.47 Å². The first-order chi connectivity index (χ1) is 11.5. The molecule has 0 amide bonds. The third-order valence-electron chi connectivity index (χ3n) is 5.73. The molecule has 0 unspecified atom stereocenters. The summed E-state index contributed by atoms with van der Waals surface area (Å²) in [6.45, 7) is 5.19. The minimum Gasteiger partial charge on any atom is -0.384 e. The van der Waals surface area contributed by atoms with Crippen LogP contribution in [-0.4, -0.2) is 52.7 Å². The van der Waals surface area contributed by atoms with Crippen molar-refractivity contribution in [2.45, 2.75) is 31.1 Å². The Labute approximate surface area is 145 Å². The molecule has 0 saturated carbocycles. The van der Waals surface area contributed by atoms with Crippen LogP contribution in [0.15, 0.2) is 29.2 Å². The highest BCUT2D eigenvalue weighted by atomic mass is 32.2. The SMILES string of the molecule is COC[C@@H]1COCCC12CCN(S(=O)(=O)c1ccccc1C)CC2. The number of methoxy groups -OCH3 is 1. The van der Waals surface area contributed by atoms with Gasteiger partial charge in [-0.25, -0.2) is 8.42 Å². The lowest BCUT2D eigenvalue weighted by Gasteiger charge is -2.48. The van der Waals surface area contributed by atoms with E-state index in [9.17, 15) is 8.42 Å². The number of sulfonamides is 1. The van der Waals surface area contributed by atoms with Crippen LogP contribution in [0.1, 0.15) is 24.8 Å². The van der Waals surface area contributed by atoms with Crippen molar-refractivity contribution in [1.29, 1.82) is 0 Å². The number of rotatable bonds is 4.